The summed E-state index contributed by atoms with van der Waals surface area (Å²) in [5, 5.41) is 0. The molecule has 0 aliphatic heterocycles. The maximum Gasteiger partial charge on any atom is 0.224 e. The lowest BCUT2D eigenvalue weighted by Gasteiger charge is -2.04. The van der Waals surface area contributed by atoms with Crippen molar-refractivity contribution in [3.05, 3.63) is 40.4 Å². The Morgan fingerprint density at radius 2 is 2.00 bits per heavy atom. The van der Waals surface area contributed by atoms with Gasteiger partial charge in [0, 0.05) is 6.42 Å². The first-order valence-electron chi connectivity index (χ1n) is 5.03. The molecule has 0 fully saturated rings. The molecule has 2 rings (SSSR count). The Kier molecular flexibility index (Phi) is 3.34. The number of hydrogen-bond donors (Lipinski definition) is 2. The molecule has 17 heavy (non-hydrogen) atoms. The van der Waals surface area contributed by atoms with E-state index in [0.29, 0.717) is 12.2 Å². The van der Waals surface area contributed by atoms with E-state index in [-0.39, 0.29) is 10.7 Å². The molecule has 2 aromatic rings. The van der Waals surface area contributed by atoms with Crippen molar-refractivity contribution in [2.45, 2.75) is 6.42 Å². The molecule has 3 N–H and O–H groups in total. The molecule has 0 aliphatic rings. The summed E-state index contributed by atoms with van der Waals surface area (Å²) >= 11 is 4.90. The summed E-state index contributed by atoms with van der Waals surface area (Å²) in [4.78, 5) is 10.8. The van der Waals surface area contributed by atoms with Crippen LogP contribution in [0.25, 0.3) is 0 Å². The Morgan fingerprint density at radius 3 is 2.59 bits per heavy atom. The minimum atomic E-state index is 0.254. The van der Waals surface area contributed by atoms with Gasteiger partial charge in [0.05, 0.1) is 7.11 Å². The Morgan fingerprint density at radius 1 is 1.29 bits per heavy atom. The molecule has 0 saturated carbocycles. The van der Waals surface area contributed by atoms with E-state index in [0.717, 1.165) is 11.3 Å². The first-order chi connectivity index (χ1) is 8.17. The zero-order chi connectivity index (χ0) is 12.3. The van der Waals surface area contributed by atoms with Crippen molar-refractivity contribution in [2.75, 3.05) is 12.8 Å². The highest BCUT2D eigenvalue weighted by Crippen LogP contribution is 2.13. The summed E-state index contributed by atoms with van der Waals surface area (Å²) in [6, 6.07) is 7.73. The molecule has 0 unspecified atom stereocenters. The molecule has 6 heteroatoms. The van der Waals surface area contributed by atoms with E-state index in [4.69, 9.17) is 22.7 Å². The molecule has 0 aliphatic carbocycles. The monoisotopic (exact) mass is 248 g/mol. The van der Waals surface area contributed by atoms with E-state index in [2.05, 4.69) is 15.0 Å². The number of rotatable bonds is 3. The quantitative estimate of drug-likeness (QED) is 0.809. The molecule has 0 radical (unpaired) electrons. The van der Waals surface area contributed by atoms with Crippen LogP contribution in [0.3, 0.4) is 0 Å². The van der Waals surface area contributed by atoms with Gasteiger partial charge in [0.1, 0.15) is 11.6 Å². The van der Waals surface area contributed by atoms with Gasteiger partial charge in [0.15, 0.2) is 0 Å². The number of hydrogen-bond acceptors (Lipinski definition) is 5. The molecule has 0 bridgehead atoms. The van der Waals surface area contributed by atoms with Gasteiger partial charge in [-0.3, -0.25) is 0 Å². The van der Waals surface area contributed by atoms with E-state index >= 15 is 0 Å². The maximum absolute atomic E-state index is 5.57. The Labute approximate surface area is 104 Å². The van der Waals surface area contributed by atoms with Crippen LogP contribution in [-0.2, 0) is 6.42 Å². The normalized spacial score (nSPS) is 10.2. The SMILES string of the molecule is COc1ccc(Cc2nc(=S)nc(N)[nH]2)cc1. The third-order valence-corrected chi connectivity index (χ3v) is 2.43. The number of nitrogens with two attached hydrogens (primary N) is 1. The van der Waals surface area contributed by atoms with Gasteiger partial charge in [0.2, 0.25) is 10.7 Å². The second-order valence-electron chi connectivity index (χ2n) is 3.49. The zero-order valence-electron chi connectivity index (χ0n) is 9.30. The Balaban J connectivity index is 2.22. The van der Waals surface area contributed by atoms with Crippen LogP contribution in [0, 0.1) is 4.77 Å². The van der Waals surface area contributed by atoms with Crippen molar-refractivity contribution in [2.24, 2.45) is 0 Å². The summed E-state index contributed by atoms with van der Waals surface area (Å²) in [5.74, 6) is 1.81. The summed E-state index contributed by atoms with van der Waals surface area (Å²) in [5.41, 5.74) is 6.66. The van der Waals surface area contributed by atoms with E-state index in [1.165, 1.54) is 0 Å². The van der Waals surface area contributed by atoms with Gasteiger partial charge in [-0.2, -0.15) is 4.98 Å². The number of aromatic amines is 1. The molecule has 1 aromatic carbocycles. The highest BCUT2D eigenvalue weighted by atomic mass is 32.1. The fourth-order valence-electron chi connectivity index (χ4n) is 1.47. The van der Waals surface area contributed by atoms with Crippen LogP contribution >= 0.6 is 12.2 Å². The van der Waals surface area contributed by atoms with Crippen molar-refractivity contribution in [1.82, 2.24) is 15.0 Å². The minimum absolute atomic E-state index is 0.254. The molecule has 88 valence electrons. The van der Waals surface area contributed by atoms with Gasteiger partial charge >= 0.3 is 0 Å². The molecular weight excluding hydrogens is 236 g/mol. The lowest BCUT2D eigenvalue weighted by molar-refractivity contribution is 0.414. The average Bonchev–Trinajstić information content (AvgIpc) is 2.28. The fourth-order valence-corrected chi connectivity index (χ4v) is 1.68. The summed E-state index contributed by atoms with van der Waals surface area (Å²) in [6.45, 7) is 0. The molecule has 5 nitrogen and oxygen atoms in total. The molecule has 0 atom stereocenters. The van der Waals surface area contributed by atoms with Crippen molar-refractivity contribution in [1.29, 1.82) is 0 Å². The van der Waals surface area contributed by atoms with E-state index < -0.39 is 0 Å². The van der Waals surface area contributed by atoms with Crippen LogP contribution in [0.15, 0.2) is 24.3 Å². The number of nitrogens with one attached hydrogen (secondary N) is 1. The number of ether oxygens (including phenoxy) is 1. The molecule has 0 saturated heterocycles. The fraction of sp³-hybridized carbons (Fsp3) is 0.182. The summed E-state index contributed by atoms with van der Waals surface area (Å²) < 4.78 is 5.34. The highest BCUT2D eigenvalue weighted by molar-refractivity contribution is 7.71. The number of nitrogen functional groups attached to an aromatic ring is 1. The van der Waals surface area contributed by atoms with Crippen LogP contribution < -0.4 is 10.5 Å². The first kappa shape index (κ1) is 11.5. The van der Waals surface area contributed by atoms with E-state index in [1.807, 2.05) is 24.3 Å². The van der Waals surface area contributed by atoms with Crippen molar-refractivity contribution >= 4 is 18.2 Å². The standard InChI is InChI=1S/C11H12N4OS/c1-16-8-4-2-7(3-5-8)6-9-13-10(12)15-11(17)14-9/h2-5H,6H2,1H3,(H3,12,13,14,15,17). The number of methoxy groups -OCH3 is 1. The van der Waals surface area contributed by atoms with Crippen molar-refractivity contribution < 1.29 is 4.74 Å². The first-order valence-corrected chi connectivity index (χ1v) is 5.44. The van der Waals surface area contributed by atoms with Gasteiger partial charge in [-0.1, -0.05) is 12.1 Å². The van der Waals surface area contributed by atoms with Crippen molar-refractivity contribution in [3.8, 4) is 5.75 Å². The second-order valence-corrected chi connectivity index (χ2v) is 3.85. The van der Waals surface area contributed by atoms with Gasteiger partial charge in [0.25, 0.3) is 0 Å². The number of aromatic nitrogens is 3. The Bertz CT molecular complexity index is 564. The van der Waals surface area contributed by atoms with Gasteiger partial charge < -0.3 is 15.5 Å². The topological polar surface area (TPSA) is 76.8 Å². The predicted octanol–water partition coefficient (Wildman–Crippen LogP) is 1.72. The molecule has 1 heterocycles. The molecule has 0 amide bonds. The number of nitrogens with zero attached hydrogens (tertiary/aromatic N) is 2. The lowest BCUT2D eigenvalue weighted by Crippen LogP contribution is -2.03. The number of benzene rings is 1. The third kappa shape index (κ3) is 3.01. The maximum atomic E-state index is 5.57. The van der Waals surface area contributed by atoms with Gasteiger partial charge in [-0.05, 0) is 29.9 Å². The van der Waals surface area contributed by atoms with Crippen molar-refractivity contribution in [3.63, 3.8) is 0 Å². The summed E-state index contributed by atoms with van der Waals surface area (Å²) in [6.07, 6.45) is 0.625. The Hall–Kier alpha value is -1.95. The smallest absolute Gasteiger partial charge is 0.224 e. The predicted molar refractivity (Wildman–Crippen MR) is 67.4 cm³/mol. The van der Waals surface area contributed by atoms with Gasteiger partial charge in [-0.25, -0.2) is 4.98 Å². The molecule has 0 spiro atoms. The third-order valence-electron chi connectivity index (χ3n) is 2.25. The van der Waals surface area contributed by atoms with Crippen LogP contribution in [0.1, 0.15) is 11.4 Å². The van der Waals surface area contributed by atoms with E-state index in [1.54, 1.807) is 7.11 Å². The van der Waals surface area contributed by atoms with Gasteiger partial charge in [-0.15, -0.1) is 0 Å². The summed E-state index contributed by atoms with van der Waals surface area (Å²) in [7, 11) is 1.64. The lowest BCUT2D eigenvalue weighted by atomic mass is 10.1. The van der Waals surface area contributed by atoms with Crippen LogP contribution in [0.4, 0.5) is 5.95 Å². The largest absolute Gasteiger partial charge is 0.497 e. The molecular formula is C11H12N4OS. The second kappa shape index (κ2) is 4.92. The van der Waals surface area contributed by atoms with E-state index in [9.17, 15) is 0 Å². The highest BCUT2D eigenvalue weighted by Gasteiger charge is 2.00. The van der Waals surface area contributed by atoms with Crippen LogP contribution in [0.5, 0.6) is 5.75 Å². The number of H-pyrrole nitrogens is 1. The van der Waals surface area contributed by atoms with Crippen LogP contribution in [0.2, 0.25) is 0 Å². The minimum Gasteiger partial charge on any atom is -0.497 e. The van der Waals surface area contributed by atoms with Crippen LogP contribution in [-0.4, -0.2) is 22.1 Å². The zero-order valence-corrected chi connectivity index (χ0v) is 10.1. The average molecular weight is 248 g/mol. The number of anilines is 1. The molecule has 1 aromatic heterocycles.